The molecular formula is C29H43N3O3S. The fourth-order valence-electron chi connectivity index (χ4n) is 4.24. The van der Waals surface area contributed by atoms with E-state index in [1.54, 1.807) is 12.5 Å². The van der Waals surface area contributed by atoms with Gasteiger partial charge in [0.2, 0.25) is 0 Å². The number of rotatable bonds is 12. The van der Waals surface area contributed by atoms with E-state index in [1.165, 1.54) is 23.3 Å². The molecule has 0 aliphatic carbocycles. The Morgan fingerprint density at radius 1 is 1.19 bits per heavy atom. The van der Waals surface area contributed by atoms with Crippen LogP contribution in [0.3, 0.4) is 0 Å². The van der Waals surface area contributed by atoms with Gasteiger partial charge in [0.15, 0.2) is 0 Å². The second-order valence-electron chi connectivity index (χ2n) is 11.1. The maximum absolute atomic E-state index is 13.3. The number of hydrogen-bond acceptors (Lipinski definition) is 6. The standard InChI is InChI=1S/C29H43N3O3S/c1-22(2)12-10-11-17-32(29(4,5)6)27(33)26-18-30-28(36-26)34-20-25-19-31(21-35-25)23(3)15-16-24-13-8-7-9-14-24/h7-9,13-14,18,20,22-23H,10-12,15-17,19,21H2,1-6H3. The van der Waals surface area contributed by atoms with E-state index in [-0.39, 0.29) is 11.4 Å². The minimum atomic E-state index is -0.250. The van der Waals surface area contributed by atoms with E-state index in [4.69, 9.17) is 9.47 Å². The maximum Gasteiger partial charge on any atom is 0.278 e. The van der Waals surface area contributed by atoms with Gasteiger partial charge in [0.05, 0.1) is 12.7 Å². The molecule has 1 aromatic heterocycles. The molecule has 1 aliphatic rings. The molecular weight excluding hydrogens is 470 g/mol. The van der Waals surface area contributed by atoms with Gasteiger partial charge in [-0.1, -0.05) is 68.4 Å². The third kappa shape index (κ3) is 8.63. The van der Waals surface area contributed by atoms with Crippen molar-refractivity contribution in [1.82, 2.24) is 14.8 Å². The zero-order chi connectivity index (χ0) is 26.1. The first-order valence-corrected chi connectivity index (χ1v) is 14.0. The summed E-state index contributed by atoms with van der Waals surface area (Å²) >= 11 is 1.29. The van der Waals surface area contributed by atoms with Crippen LogP contribution in [0, 0.1) is 5.92 Å². The third-order valence-electron chi connectivity index (χ3n) is 6.55. The van der Waals surface area contributed by atoms with Crippen LogP contribution in [0.15, 0.2) is 48.5 Å². The first kappa shape index (κ1) is 28.2. The largest absolute Gasteiger partial charge is 0.478 e. The van der Waals surface area contributed by atoms with Gasteiger partial charge in [-0.25, -0.2) is 4.98 Å². The topological polar surface area (TPSA) is 54.9 Å². The van der Waals surface area contributed by atoms with Crippen molar-refractivity contribution in [3.63, 3.8) is 0 Å². The number of aromatic nitrogens is 1. The minimum Gasteiger partial charge on any atom is -0.478 e. The molecule has 3 rings (SSSR count). The van der Waals surface area contributed by atoms with E-state index in [9.17, 15) is 4.79 Å². The van der Waals surface area contributed by atoms with Crippen LogP contribution in [0.5, 0.6) is 5.19 Å². The van der Waals surface area contributed by atoms with Crippen LogP contribution in [-0.4, -0.2) is 52.1 Å². The van der Waals surface area contributed by atoms with Gasteiger partial charge in [-0.05, 0) is 58.4 Å². The van der Waals surface area contributed by atoms with Gasteiger partial charge in [-0.15, -0.1) is 0 Å². The predicted molar refractivity (Wildman–Crippen MR) is 147 cm³/mol. The molecule has 1 aliphatic heterocycles. The average Bonchev–Trinajstić information content (AvgIpc) is 3.50. The summed E-state index contributed by atoms with van der Waals surface area (Å²) in [5.74, 6) is 1.49. The summed E-state index contributed by atoms with van der Waals surface area (Å²) in [4.78, 5) is 22.5. The Bertz CT molecular complexity index is 981. The van der Waals surface area contributed by atoms with Crippen molar-refractivity contribution >= 4 is 17.2 Å². The quantitative estimate of drug-likeness (QED) is 0.232. The van der Waals surface area contributed by atoms with E-state index in [2.05, 4.69) is 81.8 Å². The summed E-state index contributed by atoms with van der Waals surface area (Å²) in [6, 6.07) is 11.0. The highest BCUT2D eigenvalue weighted by molar-refractivity contribution is 7.15. The molecule has 1 saturated heterocycles. The Hall–Kier alpha value is -2.38. The molecule has 0 spiro atoms. The van der Waals surface area contributed by atoms with Gasteiger partial charge < -0.3 is 14.4 Å². The first-order chi connectivity index (χ1) is 17.1. The summed E-state index contributed by atoms with van der Waals surface area (Å²) in [5, 5.41) is 0.457. The normalized spacial score (nSPS) is 16.4. The highest BCUT2D eigenvalue weighted by Crippen LogP contribution is 2.27. The molecule has 1 amide bonds. The predicted octanol–water partition coefficient (Wildman–Crippen LogP) is 6.74. The maximum atomic E-state index is 13.3. The molecule has 6 nitrogen and oxygen atoms in total. The second-order valence-corrected chi connectivity index (χ2v) is 12.1. The number of amides is 1. The number of carbonyl (C=O) groups is 1. The van der Waals surface area contributed by atoms with Gasteiger partial charge in [0.25, 0.3) is 11.1 Å². The zero-order valence-electron chi connectivity index (χ0n) is 22.8. The Labute approximate surface area is 221 Å². The summed E-state index contributed by atoms with van der Waals surface area (Å²) < 4.78 is 11.6. The lowest BCUT2D eigenvalue weighted by Crippen LogP contribution is -2.45. The molecule has 1 atom stereocenters. The number of benzene rings is 1. The third-order valence-corrected chi connectivity index (χ3v) is 7.42. The molecule has 0 radical (unpaired) electrons. The van der Waals surface area contributed by atoms with Gasteiger partial charge in [-0.2, -0.15) is 0 Å². The lowest BCUT2D eigenvalue weighted by molar-refractivity contribution is 0.0581. The van der Waals surface area contributed by atoms with Crippen molar-refractivity contribution in [2.24, 2.45) is 5.92 Å². The highest BCUT2D eigenvalue weighted by Gasteiger charge is 2.29. The minimum absolute atomic E-state index is 0.0163. The summed E-state index contributed by atoms with van der Waals surface area (Å²) in [5.41, 5.74) is 1.11. The van der Waals surface area contributed by atoms with Crippen LogP contribution in [0.25, 0.3) is 0 Å². The molecule has 2 heterocycles. The fourth-order valence-corrected chi connectivity index (χ4v) is 4.93. The molecule has 0 bridgehead atoms. The zero-order valence-corrected chi connectivity index (χ0v) is 23.6. The van der Waals surface area contributed by atoms with E-state index in [0.29, 0.717) is 35.3 Å². The van der Waals surface area contributed by atoms with E-state index >= 15 is 0 Å². The van der Waals surface area contributed by atoms with Crippen LogP contribution in [0.2, 0.25) is 0 Å². The molecule has 1 aromatic carbocycles. The van der Waals surface area contributed by atoms with Crippen molar-refractivity contribution in [3.8, 4) is 5.19 Å². The molecule has 1 unspecified atom stereocenters. The van der Waals surface area contributed by atoms with Crippen molar-refractivity contribution in [2.45, 2.75) is 85.2 Å². The van der Waals surface area contributed by atoms with Crippen LogP contribution in [0.4, 0.5) is 0 Å². The number of thiazole rings is 1. The van der Waals surface area contributed by atoms with Crippen LogP contribution < -0.4 is 4.74 Å². The Kier molecular flexibility index (Phi) is 10.4. The number of unbranched alkanes of at least 4 members (excludes halogenated alkanes) is 1. The van der Waals surface area contributed by atoms with E-state index in [1.807, 2.05) is 4.90 Å². The van der Waals surface area contributed by atoms with Gasteiger partial charge in [-0.3, -0.25) is 9.69 Å². The SMILES string of the molecule is CC(C)CCCCN(C(=O)c1cnc(OC=C2CN(C(C)CCc3ccccc3)CO2)s1)C(C)(C)C. The van der Waals surface area contributed by atoms with Crippen LogP contribution >= 0.6 is 11.3 Å². The molecule has 2 aromatic rings. The molecule has 198 valence electrons. The number of carbonyl (C=O) groups excluding carboxylic acids is 1. The highest BCUT2D eigenvalue weighted by atomic mass is 32.1. The Balaban J connectivity index is 1.50. The molecule has 1 fully saturated rings. The van der Waals surface area contributed by atoms with Crippen molar-refractivity contribution in [2.75, 3.05) is 19.8 Å². The number of nitrogens with zero attached hydrogens (tertiary/aromatic N) is 3. The van der Waals surface area contributed by atoms with Crippen molar-refractivity contribution in [1.29, 1.82) is 0 Å². The lowest BCUT2D eigenvalue weighted by atomic mass is 10.0. The number of ether oxygens (including phenoxy) is 2. The van der Waals surface area contributed by atoms with Gasteiger partial charge in [0.1, 0.15) is 23.6 Å². The smallest absolute Gasteiger partial charge is 0.278 e. The molecule has 0 N–H and O–H groups in total. The average molecular weight is 514 g/mol. The molecule has 7 heteroatoms. The van der Waals surface area contributed by atoms with E-state index in [0.717, 1.165) is 38.0 Å². The Morgan fingerprint density at radius 3 is 2.64 bits per heavy atom. The fraction of sp³-hybridized carbons (Fsp3) is 0.586. The van der Waals surface area contributed by atoms with Gasteiger partial charge >= 0.3 is 0 Å². The van der Waals surface area contributed by atoms with Crippen LogP contribution in [0.1, 0.15) is 82.5 Å². The number of aryl methyl sites for hydroxylation is 1. The summed E-state index contributed by atoms with van der Waals surface area (Å²) in [6.45, 7) is 15.0. The number of hydrogen-bond donors (Lipinski definition) is 0. The molecule has 0 saturated carbocycles. The lowest BCUT2D eigenvalue weighted by Gasteiger charge is -2.35. The Morgan fingerprint density at radius 2 is 1.94 bits per heavy atom. The monoisotopic (exact) mass is 513 g/mol. The summed E-state index contributed by atoms with van der Waals surface area (Å²) in [7, 11) is 0. The van der Waals surface area contributed by atoms with Gasteiger partial charge in [0, 0.05) is 18.1 Å². The van der Waals surface area contributed by atoms with E-state index < -0.39 is 0 Å². The van der Waals surface area contributed by atoms with Crippen LogP contribution in [-0.2, 0) is 11.2 Å². The first-order valence-electron chi connectivity index (χ1n) is 13.2. The molecule has 36 heavy (non-hydrogen) atoms. The van der Waals surface area contributed by atoms with Crippen molar-refractivity contribution < 1.29 is 14.3 Å². The second kappa shape index (κ2) is 13.2. The van der Waals surface area contributed by atoms with Crippen molar-refractivity contribution in [3.05, 3.63) is 59.0 Å². The summed E-state index contributed by atoms with van der Waals surface area (Å²) in [6.07, 6.45) is 8.70.